The molecule has 0 atom stereocenters. The summed E-state index contributed by atoms with van der Waals surface area (Å²) >= 11 is 6.19. The monoisotopic (exact) mass is 435 g/mol. The van der Waals surface area contributed by atoms with Crippen LogP contribution >= 0.6 is 11.6 Å². The van der Waals surface area contributed by atoms with Crippen LogP contribution in [0.4, 0.5) is 5.69 Å². The number of nitrogens with zero attached hydrogens (tertiary/aromatic N) is 2. The molecule has 0 spiro atoms. The Morgan fingerprint density at radius 3 is 2.38 bits per heavy atom. The SMILES string of the molecule is CCN1CCN(C(=O)c2ccc(Cl)c(S(=O)(=O)Nc3ccc(C)cc3C)c2)CC1. The molecule has 0 saturated carbocycles. The molecule has 3 rings (SSSR count). The van der Waals surface area contributed by atoms with E-state index in [1.54, 1.807) is 17.0 Å². The Morgan fingerprint density at radius 2 is 1.76 bits per heavy atom. The lowest BCUT2D eigenvalue weighted by atomic mass is 10.1. The van der Waals surface area contributed by atoms with Gasteiger partial charge in [0.05, 0.1) is 10.7 Å². The first kappa shape index (κ1) is 21.6. The number of nitrogens with one attached hydrogen (secondary N) is 1. The van der Waals surface area contributed by atoms with Gasteiger partial charge in [0.25, 0.3) is 15.9 Å². The van der Waals surface area contributed by atoms with Crippen LogP contribution in [0.15, 0.2) is 41.3 Å². The van der Waals surface area contributed by atoms with E-state index < -0.39 is 10.0 Å². The molecule has 6 nitrogen and oxygen atoms in total. The first-order chi connectivity index (χ1) is 13.7. The van der Waals surface area contributed by atoms with Crippen molar-refractivity contribution in [2.75, 3.05) is 37.4 Å². The number of likely N-dealkylation sites (N-methyl/N-ethyl adjacent to an activating group) is 1. The molecule has 1 aliphatic heterocycles. The summed E-state index contributed by atoms with van der Waals surface area (Å²) in [5.41, 5.74) is 2.66. The summed E-state index contributed by atoms with van der Waals surface area (Å²) in [6, 6.07) is 9.86. The number of carbonyl (C=O) groups is 1. The number of carbonyl (C=O) groups excluding carboxylic acids is 1. The van der Waals surface area contributed by atoms with E-state index in [0.717, 1.165) is 30.8 Å². The van der Waals surface area contributed by atoms with Crippen LogP contribution in [0.3, 0.4) is 0 Å². The van der Waals surface area contributed by atoms with Crippen molar-refractivity contribution in [1.29, 1.82) is 0 Å². The standard InChI is InChI=1S/C21H26ClN3O3S/c1-4-24-9-11-25(12-10-24)21(26)17-6-7-18(22)20(14-17)29(27,28)23-19-8-5-15(2)13-16(19)3/h5-8,13-14,23H,4,9-12H2,1-3H3. The van der Waals surface area contributed by atoms with Gasteiger partial charge in [-0.05, 0) is 50.2 Å². The number of hydrogen-bond donors (Lipinski definition) is 1. The zero-order valence-electron chi connectivity index (χ0n) is 16.9. The van der Waals surface area contributed by atoms with Gasteiger partial charge < -0.3 is 9.80 Å². The van der Waals surface area contributed by atoms with Crippen molar-refractivity contribution in [2.24, 2.45) is 0 Å². The molecule has 8 heteroatoms. The summed E-state index contributed by atoms with van der Waals surface area (Å²) in [5, 5.41) is 0.0783. The summed E-state index contributed by atoms with van der Waals surface area (Å²) in [6.45, 7) is 9.70. The molecule has 0 bridgehead atoms. The third-order valence-corrected chi connectivity index (χ3v) is 7.05. The predicted octanol–water partition coefficient (Wildman–Crippen LogP) is 3.54. The number of aryl methyl sites for hydroxylation is 2. The smallest absolute Gasteiger partial charge is 0.263 e. The highest BCUT2D eigenvalue weighted by Gasteiger charge is 2.25. The normalized spacial score (nSPS) is 15.4. The molecule has 1 fully saturated rings. The molecule has 1 amide bonds. The number of anilines is 1. The Bertz CT molecular complexity index is 1020. The number of sulfonamides is 1. The van der Waals surface area contributed by atoms with Gasteiger partial charge in [-0.1, -0.05) is 36.2 Å². The first-order valence-electron chi connectivity index (χ1n) is 9.62. The number of hydrogen-bond acceptors (Lipinski definition) is 4. The van der Waals surface area contributed by atoms with E-state index in [2.05, 4.69) is 16.5 Å². The Balaban J connectivity index is 1.85. The summed E-state index contributed by atoms with van der Waals surface area (Å²) in [4.78, 5) is 16.8. The molecule has 0 aromatic heterocycles. The van der Waals surface area contributed by atoms with Gasteiger partial charge in [-0.25, -0.2) is 8.42 Å². The minimum Gasteiger partial charge on any atom is -0.336 e. The van der Waals surface area contributed by atoms with Crippen LogP contribution in [-0.2, 0) is 10.0 Å². The van der Waals surface area contributed by atoms with Crippen molar-refractivity contribution >= 4 is 33.2 Å². The average molecular weight is 436 g/mol. The van der Waals surface area contributed by atoms with Gasteiger partial charge in [0.15, 0.2) is 0 Å². The van der Waals surface area contributed by atoms with Crippen LogP contribution in [0.2, 0.25) is 5.02 Å². The van der Waals surface area contributed by atoms with Crippen LogP contribution in [0, 0.1) is 13.8 Å². The van der Waals surface area contributed by atoms with E-state index in [0.29, 0.717) is 24.3 Å². The lowest BCUT2D eigenvalue weighted by molar-refractivity contribution is 0.0643. The molecule has 2 aromatic carbocycles. The number of rotatable bonds is 5. The summed E-state index contributed by atoms with van der Waals surface area (Å²) in [7, 11) is -3.94. The minimum absolute atomic E-state index is 0.0783. The van der Waals surface area contributed by atoms with E-state index >= 15 is 0 Å². The zero-order chi connectivity index (χ0) is 21.2. The highest BCUT2D eigenvalue weighted by Crippen LogP contribution is 2.27. The van der Waals surface area contributed by atoms with Crippen LogP contribution in [0.1, 0.15) is 28.4 Å². The van der Waals surface area contributed by atoms with E-state index in [9.17, 15) is 13.2 Å². The van der Waals surface area contributed by atoms with Crippen LogP contribution < -0.4 is 4.72 Å². The second kappa shape index (κ2) is 8.73. The zero-order valence-corrected chi connectivity index (χ0v) is 18.5. The van der Waals surface area contributed by atoms with E-state index in [-0.39, 0.29) is 15.8 Å². The van der Waals surface area contributed by atoms with Crippen LogP contribution in [-0.4, -0.2) is 56.8 Å². The molecule has 1 saturated heterocycles. The number of piperazine rings is 1. The third-order valence-electron chi connectivity index (χ3n) is 5.20. The van der Waals surface area contributed by atoms with Crippen molar-refractivity contribution in [3.8, 4) is 0 Å². The maximum atomic E-state index is 13.0. The molecule has 0 unspecified atom stereocenters. The maximum absolute atomic E-state index is 13.0. The molecule has 0 aliphatic carbocycles. The van der Waals surface area contributed by atoms with Crippen molar-refractivity contribution in [3.05, 3.63) is 58.1 Å². The fraction of sp³-hybridized carbons (Fsp3) is 0.381. The van der Waals surface area contributed by atoms with Crippen LogP contribution in [0.5, 0.6) is 0 Å². The van der Waals surface area contributed by atoms with Gasteiger partial charge in [0.2, 0.25) is 0 Å². The largest absolute Gasteiger partial charge is 0.336 e. The predicted molar refractivity (Wildman–Crippen MR) is 116 cm³/mol. The molecule has 1 N–H and O–H groups in total. The Morgan fingerprint density at radius 1 is 1.07 bits per heavy atom. The molecule has 29 heavy (non-hydrogen) atoms. The average Bonchev–Trinajstić information content (AvgIpc) is 2.70. The van der Waals surface area contributed by atoms with Crippen molar-refractivity contribution in [1.82, 2.24) is 9.80 Å². The van der Waals surface area contributed by atoms with Crippen molar-refractivity contribution in [3.63, 3.8) is 0 Å². The first-order valence-corrected chi connectivity index (χ1v) is 11.5. The number of benzene rings is 2. The summed E-state index contributed by atoms with van der Waals surface area (Å²) < 4.78 is 28.5. The van der Waals surface area contributed by atoms with Gasteiger partial charge in [-0.3, -0.25) is 9.52 Å². The summed E-state index contributed by atoms with van der Waals surface area (Å²) in [5.74, 6) is -0.180. The minimum atomic E-state index is -3.94. The Kier molecular flexibility index (Phi) is 6.51. The molecule has 1 aliphatic rings. The van der Waals surface area contributed by atoms with E-state index in [4.69, 9.17) is 11.6 Å². The van der Waals surface area contributed by atoms with Crippen LogP contribution in [0.25, 0.3) is 0 Å². The molecule has 2 aromatic rings. The number of amides is 1. The number of halogens is 1. The highest BCUT2D eigenvalue weighted by molar-refractivity contribution is 7.92. The van der Waals surface area contributed by atoms with Crippen molar-refractivity contribution < 1.29 is 13.2 Å². The highest BCUT2D eigenvalue weighted by atomic mass is 35.5. The van der Waals surface area contributed by atoms with Gasteiger partial charge in [0, 0.05) is 31.7 Å². The lowest BCUT2D eigenvalue weighted by Gasteiger charge is -2.34. The topological polar surface area (TPSA) is 69.7 Å². The van der Waals surface area contributed by atoms with Gasteiger partial charge in [-0.15, -0.1) is 0 Å². The fourth-order valence-electron chi connectivity index (χ4n) is 3.42. The fourth-order valence-corrected chi connectivity index (χ4v) is 5.08. The van der Waals surface area contributed by atoms with E-state index in [1.807, 2.05) is 26.0 Å². The second-order valence-corrected chi connectivity index (χ2v) is 9.35. The van der Waals surface area contributed by atoms with Gasteiger partial charge in [0.1, 0.15) is 4.90 Å². The Labute approximate surface area is 177 Å². The quantitative estimate of drug-likeness (QED) is 0.779. The molecular weight excluding hydrogens is 410 g/mol. The van der Waals surface area contributed by atoms with E-state index in [1.165, 1.54) is 12.1 Å². The summed E-state index contributed by atoms with van der Waals surface area (Å²) in [6.07, 6.45) is 0. The molecular formula is C21H26ClN3O3S. The third kappa shape index (κ3) is 4.91. The maximum Gasteiger partial charge on any atom is 0.263 e. The second-order valence-electron chi connectivity index (χ2n) is 7.30. The van der Waals surface area contributed by atoms with Crippen molar-refractivity contribution in [2.45, 2.75) is 25.7 Å². The van der Waals surface area contributed by atoms with Gasteiger partial charge >= 0.3 is 0 Å². The Hall–Kier alpha value is -2.09. The molecule has 0 radical (unpaired) electrons. The van der Waals surface area contributed by atoms with Gasteiger partial charge in [-0.2, -0.15) is 0 Å². The molecule has 1 heterocycles. The lowest BCUT2D eigenvalue weighted by Crippen LogP contribution is -2.48. The molecule has 156 valence electrons.